The van der Waals surface area contributed by atoms with Gasteiger partial charge in [0, 0.05) is 19.5 Å². The van der Waals surface area contributed by atoms with E-state index in [4.69, 9.17) is 0 Å². The lowest BCUT2D eigenvalue weighted by Gasteiger charge is -2.34. The molecule has 0 radical (unpaired) electrons. The van der Waals surface area contributed by atoms with E-state index in [1.54, 1.807) is 0 Å². The molecule has 1 amide bonds. The molecule has 0 aliphatic carbocycles. The van der Waals surface area contributed by atoms with Crippen molar-refractivity contribution in [1.82, 2.24) is 4.90 Å². The molecule has 1 N–H and O–H groups in total. The van der Waals surface area contributed by atoms with E-state index < -0.39 is 6.10 Å². The van der Waals surface area contributed by atoms with E-state index in [1.807, 2.05) is 35.2 Å². The number of rotatable bonds is 5. The van der Waals surface area contributed by atoms with Crippen LogP contribution in [0.15, 0.2) is 54.6 Å². The van der Waals surface area contributed by atoms with Crippen LogP contribution >= 0.6 is 0 Å². The van der Waals surface area contributed by atoms with Crippen molar-refractivity contribution in [1.29, 1.82) is 0 Å². The molecule has 0 saturated carbocycles. The summed E-state index contributed by atoms with van der Waals surface area (Å²) in [5.41, 5.74) is 3.67. The SMILES string of the molecule is CC(C)(C)c1ccc(CCC(=O)N2CCC(C(O)c3ccccc3)CC2)cc1. The maximum atomic E-state index is 12.6. The zero-order chi connectivity index (χ0) is 20.1. The molecule has 2 aromatic carbocycles. The van der Waals surface area contributed by atoms with Crippen molar-refractivity contribution < 1.29 is 9.90 Å². The number of aliphatic hydroxyl groups is 1. The third-order valence-electron chi connectivity index (χ3n) is 5.93. The van der Waals surface area contributed by atoms with E-state index >= 15 is 0 Å². The van der Waals surface area contributed by atoms with Crippen molar-refractivity contribution >= 4 is 5.91 Å². The van der Waals surface area contributed by atoms with Gasteiger partial charge in [-0.25, -0.2) is 0 Å². The van der Waals surface area contributed by atoms with Crippen LogP contribution in [-0.4, -0.2) is 29.0 Å². The van der Waals surface area contributed by atoms with E-state index in [0.717, 1.165) is 37.9 Å². The maximum absolute atomic E-state index is 12.6. The van der Waals surface area contributed by atoms with Gasteiger partial charge in [0.2, 0.25) is 5.91 Å². The number of carbonyl (C=O) groups is 1. The number of piperidine rings is 1. The first kappa shape index (κ1) is 20.6. The minimum Gasteiger partial charge on any atom is -0.388 e. The number of likely N-dealkylation sites (tertiary alicyclic amines) is 1. The summed E-state index contributed by atoms with van der Waals surface area (Å²) in [7, 11) is 0. The molecule has 1 fully saturated rings. The summed E-state index contributed by atoms with van der Waals surface area (Å²) in [6, 6.07) is 18.5. The monoisotopic (exact) mass is 379 g/mol. The van der Waals surface area contributed by atoms with Crippen molar-refractivity contribution in [3.8, 4) is 0 Å². The minimum atomic E-state index is -0.431. The summed E-state index contributed by atoms with van der Waals surface area (Å²) in [4.78, 5) is 14.6. The van der Waals surface area contributed by atoms with Crippen LogP contribution in [-0.2, 0) is 16.6 Å². The number of aryl methyl sites for hydroxylation is 1. The third kappa shape index (κ3) is 5.23. The van der Waals surface area contributed by atoms with Gasteiger partial charge in [-0.15, -0.1) is 0 Å². The van der Waals surface area contributed by atoms with Gasteiger partial charge in [-0.05, 0) is 47.3 Å². The summed E-state index contributed by atoms with van der Waals surface area (Å²) in [5.74, 6) is 0.462. The highest BCUT2D eigenvalue weighted by molar-refractivity contribution is 5.76. The highest BCUT2D eigenvalue weighted by atomic mass is 16.3. The molecule has 1 aliphatic heterocycles. The summed E-state index contributed by atoms with van der Waals surface area (Å²) < 4.78 is 0. The molecule has 1 aliphatic rings. The Morgan fingerprint density at radius 3 is 2.21 bits per heavy atom. The molecule has 3 rings (SSSR count). The number of nitrogens with zero attached hydrogens (tertiary/aromatic N) is 1. The van der Waals surface area contributed by atoms with Crippen LogP contribution in [0.5, 0.6) is 0 Å². The van der Waals surface area contributed by atoms with Crippen molar-refractivity contribution in [3.63, 3.8) is 0 Å². The molecule has 1 atom stereocenters. The second kappa shape index (κ2) is 8.91. The Labute approximate surface area is 169 Å². The summed E-state index contributed by atoms with van der Waals surface area (Å²) >= 11 is 0. The molecule has 1 unspecified atom stereocenters. The van der Waals surface area contributed by atoms with Crippen molar-refractivity contribution in [2.75, 3.05) is 13.1 Å². The Balaban J connectivity index is 1.46. The zero-order valence-electron chi connectivity index (χ0n) is 17.4. The van der Waals surface area contributed by atoms with Crippen LogP contribution < -0.4 is 0 Å². The van der Waals surface area contributed by atoms with Gasteiger partial charge >= 0.3 is 0 Å². The first-order chi connectivity index (χ1) is 13.3. The van der Waals surface area contributed by atoms with Gasteiger partial charge in [0.15, 0.2) is 0 Å². The van der Waals surface area contributed by atoms with Gasteiger partial charge in [-0.2, -0.15) is 0 Å². The van der Waals surface area contributed by atoms with E-state index in [0.29, 0.717) is 6.42 Å². The lowest BCUT2D eigenvalue weighted by atomic mass is 9.86. The lowest BCUT2D eigenvalue weighted by molar-refractivity contribution is -0.133. The summed E-state index contributed by atoms with van der Waals surface area (Å²) in [6.07, 6.45) is 2.64. The number of carbonyl (C=O) groups excluding carboxylic acids is 1. The summed E-state index contributed by atoms with van der Waals surface area (Å²) in [5, 5.41) is 10.6. The average molecular weight is 380 g/mol. The number of aliphatic hydroxyl groups excluding tert-OH is 1. The normalized spacial score (nSPS) is 16.8. The summed E-state index contributed by atoms with van der Waals surface area (Å²) in [6.45, 7) is 8.13. The topological polar surface area (TPSA) is 40.5 Å². The molecular weight excluding hydrogens is 346 g/mol. The fourth-order valence-electron chi connectivity index (χ4n) is 3.97. The fraction of sp³-hybridized carbons (Fsp3) is 0.480. The van der Waals surface area contributed by atoms with E-state index in [2.05, 4.69) is 45.0 Å². The number of hydrogen-bond acceptors (Lipinski definition) is 2. The fourth-order valence-corrected chi connectivity index (χ4v) is 3.97. The van der Waals surface area contributed by atoms with Gasteiger partial charge in [0.1, 0.15) is 0 Å². The quantitative estimate of drug-likeness (QED) is 0.803. The Bertz CT molecular complexity index is 753. The average Bonchev–Trinajstić information content (AvgIpc) is 2.72. The number of benzene rings is 2. The first-order valence-corrected chi connectivity index (χ1v) is 10.4. The molecular formula is C25H33NO2. The van der Waals surface area contributed by atoms with E-state index in [-0.39, 0.29) is 17.2 Å². The molecule has 1 saturated heterocycles. The maximum Gasteiger partial charge on any atom is 0.222 e. The first-order valence-electron chi connectivity index (χ1n) is 10.4. The Morgan fingerprint density at radius 2 is 1.64 bits per heavy atom. The third-order valence-corrected chi connectivity index (χ3v) is 5.93. The van der Waals surface area contributed by atoms with Crippen molar-refractivity contribution in [3.05, 3.63) is 71.3 Å². The molecule has 150 valence electrons. The van der Waals surface area contributed by atoms with Gasteiger partial charge in [0.25, 0.3) is 0 Å². The van der Waals surface area contributed by atoms with E-state index in [9.17, 15) is 9.90 Å². The van der Waals surface area contributed by atoms with Gasteiger partial charge in [-0.3, -0.25) is 4.79 Å². The molecule has 0 aromatic heterocycles. The zero-order valence-corrected chi connectivity index (χ0v) is 17.4. The van der Waals surface area contributed by atoms with Gasteiger partial charge < -0.3 is 10.0 Å². The molecule has 2 aromatic rings. The molecule has 28 heavy (non-hydrogen) atoms. The Morgan fingerprint density at radius 1 is 1.04 bits per heavy atom. The van der Waals surface area contributed by atoms with Crippen molar-refractivity contribution in [2.45, 2.75) is 58.0 Å². The van der Waals surface area contributed by atoms with Gasteiger partial charge in [-0.1, -0.05) is 75.4 Å². The van der Waals surface area contributed by atoms with Crippen LogP contribution in [0, 0.1) is 5.92 Å². The number of hydrogen-bond donors (Lipinski definition) is 1. The van der Waals surface area contributed by atoms with Gasteiger partial charge in [0.05, 0.1) is 6.10 Å². The number of amides is 1. The highest BCUT2D eigenvalue weighted by Gasteiger charge is 2.28. The largest absolute Gasteiger partial charge is 0.388 e. The van der Waals surface area contributed by atoms with Crippen LogP contribution in [0.4, 0.5) is 0 Å². The van der Waals surface area contributed by atoms with Crippen LogP contribution in [0.3, 0.4) is 0 Å². The molecule has 1 heterocycles. The second-order valence-corrected chi connectivity index (χ2v) is 9.02. The predicted molar refractivity (Wildman–Crippen MR) is 114 cm³/mol. The van der Waals surface area contributed by atoms with Crippen LogP contribution in [0.1, 0.15) is 62.8 Å². The van der Waals surface area contributed by atoms with Crippen LogP contribution in [0.25, 0.3) is 0 Å². The second-order valence-electron chi connectivity index (χ2n) is 9.02. The molecule has 3 nitrogen and oxygen atoms in total. The molecule has 3 heteroatoms. The minimum absolute atomic E-state index is 0.156. The van der Waals surface area contributed by atoms with Crippen molar-refractivity contribution in [2.24, 2.45) is 5.92 Å². The standard InChI is InChI=1S/C25H33NO2/c1-25(2,3)22-12-9-19(10-13-22)11-14-23(27)26-17-15-21(16-18-26)24(28)20-7-5-4-6-8-20/h4-10,12-13,21,24,28H,11,14-18H2,1-3H3. The predicted octanol–water partition coefficient (Wildman–Crippen LogP) is 4.89. The Hall–Kier alpha value is -2.13. The molecule has 0 spiro atoms. The van der Waals surface area contributed by atoms with E-state index in [1.165, 1.54) is 11.1 Å². The highest BCUT2D eigenvalue weighted by Crippen LogP contribution is 2.31. The molecule has 0 bridgehead atoms. The smallest absolute Gasteiger partial charge is 0.222 e. The van der Waals surface area contributed by atoms with Crippen LogP contribution in [0.2, 0.25) is 0 Å². The lowest BCUT2D eigenvalue weighted by Crippen LogP contribution is -2.39. The Kier molecular flexibility index (Phi) is 6.56.